The van der Waals surface area contributed by atoms with Crippen LogP contribution in [0.5, 0.6) is 11.5 Å². The Morgan fingerprint density at radius 1 is 1.21 bits per heavy atom. The Kier molecular flexibility index (Phi) is 6.76. The monoisotopic (exact) mass is 333 g/mol. The molecule has 1 saturated carbocycles. The molecule has 5 heteroatoms. The molecule has 0 amide bonds. The van der Waals surface area contributed by atoms with Crippen LogP contribution in [0.3, 0.4) is 0 Å². The molecule has 134 valence electrons. The van der Waals surface area contributed by atoms with Crippen molar-refractivity contribution >= 4 is 5.96 Å². The molecule has 1 aromatic carbocycles. The topological polar surface area (TPSA) is 54.9 Å². The minimum absolute atomic E-state index is 0.472. The number of hydrogen-bond acceptors (Lipinski definition) is 3. The van der Waals surface area contributed by atoms with Gasteiger partial charge in [-0.25, -0.2) is 0 Å². The summed E-state index contributed by atoms with van der Waals surface area (Å²) in [6, 6.07) is 6.01. The fourth-order valence-corrected chi connectivity index (χ4v) is 3.11. The van der Waals surface area contributed by atoms with Gasteiger partial charge >= 0.3 is 0 Å². The molecule has 1 aliphatic rings. The third-order valence-electron chi connectivity index (χ3n) is 5.01. The van der Waals surface area contributed by atoms with Crippen LogP contribution in [0.2, 0.25) is 0 Å². The number of guanidine groups is 1. The van der Waals surface area contributed by atoms with Gasteiger partial charge in [0.2, 0.25) is 0 Å². The van der Waals surface area contributed by atoms with Crippen molar-refractivity contribution in [3.8, 4) is 11.5 Å². The van der Waals surface area contributed by atoms with Crippen LogP contribution in [-0.2, 0) is 6.54 Å². The summed E-state index contributed by atoms with van der Waals surface area (Å²) < 4.78 is 11.0. The molecule has 1 aliphatic carbocycles. The van der Waals surface area contributed by atoms with Gasteiger partial charge in [0.1, 0.15) is 0 Å². The molecule has 2 N–H and O–H groups in total. The summed E-state index contributed by atoms with van der Waals surface area (Å²) in [5.74, 6) is 2.39. The molecular weight excluding hydrogens is 302 g/mol. The van der Waals surface area contributed by atoms with E-state index in [1.807, 2.05) is 32.2 Å². The van der Waals surface area contributed by atoms with Gasteiger partial charge in [0, 0.05) is 20.1 Å². The maximum atomic E-state index is 5.56. The second-order valence-corrected chi connectivity index (χ2v) is 6.40. The van der Waals surface area contributed by atoms with Crippen molar-refractivity contribution in [3.05, 3.63) is 23.8 Å². The Labute approximate surface area is 145 Å². The highest BCUT2D eigenvalue weighted by molar-refractivity contribution is 5.79. The number of nitrogens with one attached hydrogen (secondary N) is 2. The van der Waals surface area contributed by atoms with Gasteiger partial charge in [0.05, 0.1) is 13.7 Å². The molecule has 0 bridgehead atoms. The van der Waals surface area contributed by atoms with E-state index >= 15 is 0 Å². The summed E-state index contributed by atoms with van der Waals surface area (Å²) in [5.41, 5.74) is 1.60. The second-order valence-electron chi connectivity index (χ2n) is 6.40. The molecule has 0 unspecified atom stereocenters. The zero-order chi connectivity index (χ0) is 17.4. The number of methoxy groups -OCH3 is 1. The zero-order valence-corrected chi connectivity index (χ0v) is 15.4. The first-order chi connectivity index (χ1) is 11.7. The quantitative estimate of drug-likeness (QED) is 0.566. The highest BCUT2D eigenvalue weighted by atomic mass is 16.5. The molecule has 0 aliphatic heterocycles. The Morgan fingerprint density at radius 2 is 2.00 bits per heavy atom. The van der Waals surface area contributed by atoms with Gasteiger partial charge in [-0.3, -0.25) is 4.99 Å². The lowest BCUT2D eigenvalue weighted by molar-refractivity contribution is 0.131. The number of nitrogens with zero attached hydrogens (tertiary/aromatic N) is 1. The van der Waals surface area contributed by atoms with E-state index in [0.29, 0.717) is 18.6 Å². The highest BCUT2D eigenvalue weighted by Gasteiger charge is 2.34. The molecular formula is C19H31N3O2. The average Bonchev–Trinajstić information content (AvgIpc) is 2.58. The summed E-state index contributed by atoms with van der Waals surface area (Å²) >= 11 is 0. The first-order valence-corrected chi connectivity index (χ1v) is 8.90. The van der Waals surface area contributed by atoms with Crippen molar-refractivity contribution in [1.29, 1.82) is 0 Å². The maximum Gasteiger partial charge on any atom is 0.191 e. The Bertz CT molecular complexity index is 548. The third-order valence-corrected chi connectivity index (χ3v) is 5.01. The van der Waals surface area contributed by atoms with Gasteiger partial charge in [0.15, 0.2) is 17.5 Å². The van der Waals surface area contributed by atoms with Gasteiger partial charge < -0.3 is 20.1 Å². The predicted octanol–water partition coefficient (Wildman–Crippen LogP) is 3.34. The van der Waals surface area contributed by atoms with Crippen LogP contribution in [0.25, 0.3) is 0 Å². The first kappa shape index (κ1) is 18.4. The SMILES string of the molecule is CCOc1ccc(CNC(=NC)NCC2(CC)CCC2)cc1OC. The molecule has 24 heavy (non-hydrogen) atoms. The highest BCUT2D eigenvalue weighted by Crippen LogP contribution is 2.42. The lowest BCUT2D eigenvalue weighted by atomic mass is 9.67. The van der Waals surface area contributed by atoms with Gasteiger partial charge in [-0.05, 0) is 49.3 Å². The molecule has 0 saturated heterocycles. The Balaban J connectivity index is 1.88. The largest absolute Gasteiger partial charge is 0.493 e. The van der Waals surface area contributed by atoms with Crippen LogP contribution >= 0.6 is 0 Å². The molecule has 2 rings (SSSR count). The van der Waals surface area contributed by atoms with E-state index in [2.05, 4.69) is 22.5 Å². The van der Waals surface area contributed by atoms with E-state index < -0.39 is 0 Å². The molecule has 5 nitrogen and oxygen atoms in total. The molecule has 0 atom stereocenters. The van der Waals surface area contributed by atoms with Crippen molar-refractivity contribution < 1.29 is 9.47 Å². The molecule has 0 spiro atoms. The van der Waals surface area contributed by atoms with E-state index in [9.17, 15) is 0 Å². The van der Waals surface area contributed by atoms with Crippen LogP contribution in [-0.4, -0.2) is 33.3 Å². The van der Waals surface area contributed by atoms with Gasteiger partial charge in [-0.1, -0.05) is 19.4 Å². The van der Waals surface area contributed by atoms with Crippen LogP contribution < -0.4 is 20.1 Å². The van der Waals surface area contributed by atoms with E-state index in [-0.39, 0.29) is 0 Å². The van der Waals surface area contributed by atoms with Crippen LogP contribution in [0.4, 0.5) is 0 Å². The normalized spacial score (nSPS) is 16.2. The molecule has 1 fully saturated rings. The Morgan fingerprint density at radius 3 is 2.54 bits per heavy atom. The minimum Gasteiger partial charge on any atom is -0.493 e. The summed E-state index contributed by atoms with van der Waals surface area (Å²) in [5, 5.41) is 6.85. The molecule has 0 radical (unpaired) electrons. The van der Waals surface area contributed by atoms with Crippen LogP contribution in [0, 0.1) is 5.41 Å². The average molecular weight is 333 g/mol. The van der Waals surface area contributed by atoms with Gasteiger partial charge in [-0.2, -0.15) is 0 Å². The third kappa shape index (κ3) is 4.56. The molecule has 0 aromatic heterocycles. The number of ether oxygens (including phenoxy) is 2. The van der Waals surface area contributed by atoms with Gasteiger partial charge in [0.25, 0.3) is 0 Å². The number of aliphatic imine (C=N–C) groups is 1. The zero-order valence-electron chi connectivity index (χ0n) is 15.4. The number of rotatable bonds is 8. The lowest BCUT2D eigenvalue weighted by Gasteiger charge is -2.41. The number of hydrogen-bond donors (Lipinski definition) is 2. The fourth-order valence-electron chi connectivity index (χ4n) is 3.11. The molecule has 0 heterocycles. The second kappa shape index (κ2) is 8.81. The van der Waals surface area contributed by atoms with Crippen molar-refractivity contribution in [1.82, 2.24) is 10.6 Å². The standard InChI is InChI=1S/C19H31N3O2/c1-5-19(10-7-11-19)14-22-18(20-3)21-13-15-8-9-16(24-6-2)17(12-15)23-4/h8-9,12H,5-7,10-11,13-14H2,1-4H3,(H2,20,21,22). The molecule has 1 aromatic rings. The predicted molar refractivity (Wildman–Crippen MR) is 98.9 cm³/mol. The summed E-state index contributed by atoms with van der Waals surface area (Å²) in [7, 11) is 3.48. The van der Waals surface area contributed by atoms with E-state index in [1.165, 1.54) is 25.7 Å². The number of benzene rings is 1. The van der Waals surface area contributed by atoms with Crippen molar-refractivity contribution in [2.75, 3.05) is 27.3 Å². The summed E-state index contributed by atoms with van der Waals surface area (Å²) in [6.45, 7) is 6.57. The Hall–Kier alpha value is -1.91. The van der Waals surface area contributed by atoms with E-state index in [0.717, 1.165) is 29.6 Å². The fraction of sp³-hybridized carbons (Fsp3) is 0.632. The minimum atomic E-state index is 0.472. The van der Waals surface area contributed by atoms with Crippen molar-refractivity contribution in [2.24, 2.45) is 10.4 Å². The van der Waals surface area contributed by atoms with Gasteiger partial charge in [-0.15, -0.1) is 0 Å². The summed E-state index contributed by atoms with van der Waals surface area (Å²) in [6.07, 6.45) is 5.23. The van der Waals surface area contributed by atoms with Crippen LogP contribution in [0.15, 0.2) is 23.2 Å². The lowest BCUT2D eigenvalue weighted by Crippen LogP contribution is -2.46. The first-order valence-electron chi connectivity index (χ1n) is 8.90. The maximum absolute atomic E-state index is 5.56. The summed E-state index contributed by atoms with van der Waals surface area (Å²) in [4.78, 5) is 4.33. The van der Waals surface area contributed by atoms with Crippen molar-refractivity contribution in [3.63, 3.8) is 0 Å². The van der Waals surface area contributed by atoms with Crippen LogP contribution in [0.1, 0.15) is 45.1 Å². The van der Waals surface area contributed by atoms with E-state index in [4.69, 9.17) is 9.47 Å². The van der Waals surface area contributed by atoms with Crippen molar-refractivity contribution in [2.45, 2.75) is 46.1 Å². The smallest absolute Gasteiger partial charge is 0.191 e. The van der Waals surface area contributed by atoms with E-state index in [1.54, 1.807) is 7.11 Å².